The molecule has 1 aromatic carbocycles. The van der Waals surface area contributed by atoms with E-state index in [0.29, 0.717) is 12.1 Å². The number of rotatable bonds is 6. The molecule has 0 radical (unpaired) electrons. The van der Waals surface area contributed by atoms with E-state index in [-0.39, 0.29) is 4.90 Å². The Morgan fingerprint density at radius 2 is 2.05 bits per heavy atom. The maximum Gasteiger partial charge on any atom is 0.240 e. The molecule has 0 aliphatic carbocycles. The van der Waals surface area contributed by atoms with Crippen LogP contribution >= 0.6 is 0 Å². The summed E-state index contributed by atoms with van der Waals surface area (Å²) >= 11 is 0. The van der Waals surface area contributed by atoms with Crippen LogP contribution in [0.4, 0.5) is 0 Å². The van der Waals surface area contributed by atoms with E-state index < -0.39 is 16.1 Å². The van der Waals surface area contributed by atoms with Gasteiger partial charge in [0.2, 0.25) is 10.0 Å². The molecule has 1 fully saturated rings. The van der Waals surface area contributed by atoms with Gasteiger partial charge in [0.1, 0.15) is 0 Å². The SMILES string of the molecule is CC(O)c1cccc(S(=O)(=O)NCCN2CCCC2)c1. The monoisotopic (exact) mass is 298 g/mol. The first-order chi connectivity index (χ1) is 9.49. The lowest BCUT2D eigenvalue weighted by Crippen LogP contribution is -2.33. The Labute approximate surface area is 120 Å². The van der Waals surface area contributed by atoms with Gasteiger partial charge < -0.3 is 10.0 Å². The lowest BCUT2D eigenvalue weighted by molar-refractivity contribution is 0.199. The van der Waals surface area contributed by atoms with E-state index in [0.717, 1.165) is 19.6 Å². The Hall–Kier alpha value is -0.950. The number of sulfonamides is 1. The van der Waals surface area contributed by atoms with Crippen LogP contribution in [-0.4, -0.2) is 44.6 Å². The summed E-state index contributed by atoms with van der Waals surface area (Å²) in [6.45, 7) is 4.89. The number of likely N-dealkylation sites (tertiary alicyclic amines) is 1. The van der Waals surface area contributed by atoms with Crippen LogP contribution < -0.4 is 4.72 Å². The van der Waals surface area contributed by atoms with E-state index in [9.17, 15) is 13.5 Å². The third kappa shape index (κ3) is 4.02. The summed E-state index contributed by atoms with van der Waals surface area (Å²) in [5.41, 5.74) is 0.604. The average molecular weight is 298 g/mol. The van der Waals surface area contributed by atoms with Gasteiger partial charge in [0.05, 0.1) is 11.0 Å². The fraction of sp³-hybridized carbons (Fsp3) is 0.571. The molecule has 5 nitrogen and oxygen atoms in total. The van der Waals surface area contributed by atoms with Crippen LogP contribution in [0.2, 0.25) is 0 Å². The molecule has 6 heteroatoms. The van der Waals surface area contributed by atoms with Crippen molar-refractivity contribution in [3.8, 4) is 0 Å². The first kappa shape index (κ1) is 15.4. The molecule has 1 aromatic rings. The van der Waals surface area contributed by atoms with Gasteiger partial charge in [-0.1, -0.05) is 12.1 Å². The predicted molar refractivity (Wildman–Crippen MR) is 77.9 cm³/mol. The van der Waals surface area contributed by atoms with Crippen LogP contribution in [0.1, 0.15) is 31.4 Å². The molecule has 1 aliphatic rings. The molecule has 112 valence electrons. The molecule has 0 amide bonds. The minimum atomic E-state index is -3.50. The van der Waals surface area contributed by atoms with Crippen molar-refractivity contribution in [3.05, 3.63) is 29.8 Å². The fourth-order valence-corrected chi connectivity index (χ4v) is 3.44. The summed E-state index contributed by atoms with van der Waals surface area (Å²) in [7, 11) is -3.50. The van der Waals surface area contributed by atoms with Crippen LogP contribution in [0, 0.1) is 0 Å². The third-order valence-corrected chi connectivity index (χ3v) is 5.03. The van der Waals surface area contributed by atoms with Gasteiger partial charge in [0, 0.05) is 13.1 Å². The lowest BCUT2D eigenvalue weighted by atomic mass is 10.1. The van der Waals surface area contributed by atoms with Crippen molar-refractivity contribution in [1.82, 2.24) is 9.62 Å². The molecule has 2 rings (SSSR count). The standard InChI is InChI=1S/C14H22N2O3S/c1-12(17)13-5-4-6-14(11-13)20(18,19)15-7-10-16-8-2-3-9-16/h4-6,11-12,15,17H,2-3,7-10H2,1H3. The van der Waals surface area contributed by atoms with Gasteiger partial charge in [-0.3, -0.25) is 0 Å². The molecule has 1 unspecified atom stereocenters. The zero-order valence-corrected chi connectivity index (χ0v) is 12.6. The zero-order valence-electron chi connectivity index (χ0n) is 11.7. The van der Waals surface area contributed by atoms with Gasteiger partial charge in [-0.2, -0.15) is 0 Å². The van der Waals surface area contributed by atoms with Gasteiger partial charge in [0.25, 0.3) is 0 Å². The van der Waals surface area contributed by atoms with Gasteiger partial charge in [0.15, 0.2) is 0 Å². The van der Waals surface area contributed by atoms with Crippen LogP contribution in [0.5, 0.6) is 0 Å². The summed E-state index contributed by atoms with van der Waals surface area (Å²) in [6, 6.07) is 6.43. The number of hydrogen-bond acceptors (Lipinski definition) is 4. The first-order valence-electron chi connectivity index (χ1n) is 6.99. The molecule has 0 aromatic heterocycles. The van der Waals surface area contributed by atoms with Crippen molar-refractivity contribution >= 4 is 10.0 Å². The maximum absolute atomic E-state index is 12.2. The highest BCUT2D eigenvalue weighted by Crippen LogP contribution is 2.17. The van der Waals surface area contributed by atoms with Crippen LogP contribution in [0.15, 0.2) is 29.2 Å². The van der Waals surface area contributed by atoms with Gasteiger partial charge in [-0.25, -0.2) is 13.1 Å². The van der Waals surface area contributed by atoms with E-state index in [1.807, 2.05) is 0 Å². The normalized spacial score (nSPS) is 18.3. The largest absolute Gasteiger partial charge is 0.389 e. The average Bonchev–Trinajstić information content (AvgIpc) is 2.92. The Balaban J connectivity index is 1.96. The molecule has 20 heavy (non-hydrogen) atoms. The quantitative estimate of drug-likeness (QED) is 0.825. The number of benzene rings is 1. The topological polar surface area (TPSA) is 69.6 Å². The number of nitrogens with one attached hydrogen (secondary N) is 1. The second-order valence-electron chi connectivity index (χ2n) is 5.19. The molecule has 2 N–H and O–H groups in total. The van der Waals surface area contributed by atoms with E-state index in [1.165, 1.54) is 18.9 Å². The number of aliphatic hydroxyl groups is 1. The highest BCUT2D eigenvalue weighted by atomic mass is 32.2. The highest BCUT2D eigenvalue weighted by Gasteiger charge is 2.16. The van der Waals surface area contributed by atoms with E-state index in [2.05, 4.69) is 9.62 Å². The second kappa shape index (κ2) is 6.67. The Morgan fingerprint density at radius 3 is 2.70 bits per heavy atom. The second-order valence-corrected chi connectivity index (χ2v) is 6.96. The van der Waals surface area contributed by atoms with Crippen LogP contribution in [-0.2, 0) is 10.0 Å². The minimum Gasteiger partial charge on any atom is -0.389 e. The molecule has 0 spiro atoms. The minimum absolute atomic E-state index is 0.206. The zero-order chi connectivity index (χ0) is 14.6. The number of hydrogen-bond donors (Lipinski definition) is 2. The number of aliphatic hydroxyl groups excluding tert-OH is 1. The summed E-state index contributed by atoms with van der Waals surface area (Å²) in [4.78, 5) is 2.46. The van der Waals surface area contributed by atoms with Gasteiger partial charge in [-0.05, 0) is 50.6 Å². The van der Waals surface area contributed by atoms with Crippen molar-refractivity contribution in [1.29, 1.82) is 0 Å². The number of nitrogens with zero attached hydrogens (tertiary/aromatic N) is 1. The fourth-order valence-electron chi connectivity index (χ4n) is 2.37. The molecule has 1 aliphatic heterocycles. The van der Waals surface area contributed by atoms with Crippen LogP contribution in [0.3, 0.4) is 0 Å². The summed E-state index contributed by atoms with van der Waals surface area (Å²) < 4.78 is 27.0. The summed E-state index contributed by atoms with van der Waals surface area (Å²) in [5, 5.41) is 9.51. The van der Waals surface area contributed by atoms with Crippen molar-refractivity contribution in [3.63, 3.8) is 0 Å². The maximum atomic E-state index is 12.2. The Kier molecular flexibility index (Phi) is 5.15. The van der Waals surface area contributed by atoms with Crippen molar-refractivity contribution in [2.24, 2.45) is 0 Å². The molecule has 0 bridgehead atoms. The Bertz CT molecular complexity index is 537. The molecular formula is C14H22N2O3S. The van der Waals surface area contributed by atoms with Crippen molar-refractivity contribution in [2.75, 3.05) is 26.2 Å². The van der Waals surface area contributed by atoms with E-state index in [1.54, 1.807) is 25.1 Å². The highest BCUT2D eigenvalue weighted by molar-refractivity contribution is 7.89. The molecule has 0 saturated carbocycles. The van der Waals surface area contributed by atoms with Gasteiger partial charge >= 0.3 is 0 Å². The van der Waals surface area contributed by atoms with Crippen molar-refractivity contribution < 1.29 is 13.5 Å². The molecule has 1 saturated heterocycles. The first-order valence-corrected chi connectivity index (χ1v) is 8.47. The van der Waals surface area contributed by atoms with Crippen LogP contribution in [0.25, 0.3) is 0 Å². The molecule has 1 heterocycles. The van der Waals surface area contributed by atoms with Crippen molar-refractivity contribution in [2.45, 2.75) is 30.8 Å². The smallest absolute Gasteiger partial charge is 0.240 e. The predicted octanol–water partition coefficient (Wildman–Crippen LogP) is 1.11. The lowest BCUT2D eigenvalue weighted by Gasteiger charge is -2.15. The third-order valence-electron chi connectivity index (χ3n) is 3.57. The van der Waals surface area contributed by atoms with E-state index >= 15 is 0 Å². The Morgan fingerprint density at radius 1 is 1.35 bits per heavy atom. The molecular weight excluding hydrogens is 276 g/mol. The van der Waals surface area contributed by atoms with E-state index in [4.69, 9.17) is 0 Å². The molecule has 1 atom stereocenters. The summed E-state index contributed by atoms with van der Waals surface area (Å²) in [6.07, 6.45) is 1.72. The summed E-state index contributed by atoms with van der Waals surface area (Å²) in [5.74, 6) is 0. The van der Waals surface area contributed by atoms with Gasteiger partial charge in [-0.15, -0.1) is 0 Å².